The second-order valence-electron chi connectivity index (χ2n) is 19.6. The summed E-state index contributed by atoms with van der Waals surface area (Å²) in [5.41, 5.74) is 11.2. The maximum Gasteiger partial charge on any atom is 2.00 e. The first-order chi connectivity index (χ1) is 31.0. The van der Waals surface area contributed by atoms with Gasteiger partial charge in [0.05, 0.1) is 17.2 Å². The van der Waals surface area contributed by atoms with Crippen LogP contribution in [0.25, 0.3) is 38.8 Å². The van der Waals surface area contributed by atoms with Crippen molar-refractivity contribution in [1.29, 1.82) is 0 Å². The number of nitrogens with zero attached hydrogens (tertiary/aromatic N) is 5. The minimum absolute atomic E-state index is 0. The summed E-state index contributed by atoms with van der Waals surface area (Å²) in [4.78, 5) is 9.34. The maximum atomic E-state index is 9.44. The third-order valence-corrected chi connectivity index (χ3v) is 11.7. The maximum absolute atomic E-state index is 9.44. The summed E-state index contributed by atoms with van der Waals surface area (Å²) in [5, 5.41) is 1.99. The van der Waals surface area contributed by atoms with E-state index in [0.29, 0.717) is 22.9 Å². The molecular weight excluding hydrogens is 954 g/mol. The van der Waals surface area contributed by atoms with Gasteiger partial charge in [-0.3, -0.25) is 4.98 Å². The van der Waals surface area contributed by atoms with Gasteiger partial charge in [0.15, 0.2) is 0 Å². The predicted octanol–water partition coefficient (Wildman–Crippen LogP) is 14.3. The summed E-state index contributed by atoms with van der Waals surface area (Å²) < 4.78 is 49.2. The third kappa shape index (κ3) is 8.01. The minimum Gasteiger partial charge on any atom is -0.509 e. The predicted molar refractivity (Wildman–Crippen MR) is 257 cm³/mol. The van der Waals surface area contributed by atoms with Crippen LogP contribution in [0.5, 0.6) is 11.5 Å². The van der Waals surface area contributed by atoms with Crippen molar-refractivity contribution in [2.45, 2.75) is 99.3 Å². The monoisotopic (exact) mass is 1010 g/mol. The Hall–Kier alpha value is -5.93. The SMILES string of the molecule is [2H]c1c([2H])c([2H])c2c(c1[2H])[N+](c1[c-]c(Oc3[c-]c4c(cc3)c3ccncc3n4-c3cc(C(C)(C)C)ccn3)cc(-c3c(C)cc(C)cc3C)c1)=C=[N+]2c1c(C(C)(C)C)cccc1C(C)(C)C.[Pt+2]. The van der Waals surface area contributed by atoms with E-state index >= 15 is 0 Å². The molecule has 0 saturated heterocycles. The molecule has 1 aliphatic rings. The van der Waals surface area contributed by atoms with Gasteiger partial charge in [0.2, 0.25) is 5.69 Å². The number of benzene rings is 5. The zero-order chi connectivity index (χ0) is 47.4. The van der Waals surface area contributed by atoms with Crippen LogP contribution < -0.4 is 13.9 Å². The van der Waals surface area contributed by atoms with Crippen molar-refractivity contribution in [1.82, 2.24) is 23.7 Å². The van der Waals surface area contributed by atoms with Gasteiger partial charge in [0, 0.05) is 47.1 Å². The van der Waals surface area contributed by atoms with Gasteiger partial charge in [0.1, 0.15) is 11.5 Å². The Morgan fingerprint density at radius 3 is 2.02 bits per heavy atom. The minimum atomic E-state index is -0.332. The summed E-state index contributed by atoms with van der Waals surface area (Å²) in [5.74, 6) is 1.60. The number of hydrogen-bond acceptors (Lipinski definition) is 3. The van der Waals surface area contributed by atoms with Crippen LogP contribution in [0.1, 0.15) is 101 Å². The fraction of sp³-hybridized carbons (Fsp3) is 0.268. The van der Waals surface area contributed by atoms with Crippen LogP contribution in [-0.2, 0) is 37.3 Å². The first kappa shape index (κ1) is 38.7. The normalized spacial score (nSPS) is 13.8. The van der Waals surface area contributed by atoms with Crippen molar-refractivity contribution in [3.8, 4) is 28.4 Å². The Labute approximate surface area is 392 Å². The topological polar surface area (TPSA) is 46.0 Å². The van der Waals surface area contributed by atoms with Crippen molar-refractivity contribution in [2.75, 3.05) is 0 Å². The summed E-state index contributed by atoms with van der Waals surface area (Å²) in [6.07, 6.45) is 5.50. The molecule has 0 N–H and O–H groups in total. The first-order valence-electron chi connectivity index (χ1n) is 23.2. The molecule has 0 amide bonds. The molecule has 0 saturated carbocycles. The van der Waals surface area contributed by atoms with E-state index in [4.69, 9.17) is 12.5 Å². The van der Waals surface area contributed by atoms with Crippen LogP contribution in [0.3, 0.4) is 0 Å². The molecule has 318 valence electrons. The number of ether oxygens (including phenoxy) is 1. The summed E-state index contributed by atoms with van der Waals surface area (Å²) in [6.45, 7) is 25.8. The van der Waals surface area contributed by atoms with Crippen molar-refractivity contribution in [3.63, 3.8) is 0 Å². The number of hydrogen-bond donors (Lipinski definition) is 0. The molecule has 6 nitrogen and oxygen atoms in total. The Balaban J connectivity index is 0.00000608. The van der Waals surface area contributed by atoms with Crippen molar-refractivity contribution in [2.24, 2.45) is 0 Å². The molecule has 0 spiro atoms. The molecule has 8 aromatic rings. The largest absolute Gasteiger partial charge is 2.00 e. The van der Waals surface area contributed by atoms with Gasteiger partial charge in [0.25, 0.3) is 11.4 Å². The molecular formula is C56H55N5OPt+2. The first-order valence-corrected chi connectivity index (χ1v) is 21.2. The number of pyridine rings is 2. The molecule has 7 heteroatoms. The van der Waals surface area contributed by atoms with E-state index in [9.17, 15) is 2.74 Å². The summed E-state index contributed by atoms with van der Waals surface area (Å²) in [7, 11) is 0. The van der Waals surface area contributed by atoms with Crippen LogP contribution in [0.4, 0.5) is 22.7 Å². The molecule has 1 aliphatic heterocycles. The molecule has 4 heterocycles. The standard InChI is InChI=1S/C56H55N5O.Pt/c1-35-26-36(2)52(37(3)27-35)38-28-40(59-34-60(48-19-14-13-18-47(48)59)53-45(55(7,8)9)16-15-17-46(53)56(10,11)12)31-42(29-38)62-41-20-21-43-44-23-24-57-33-50(44)61(49(43)32-41)51-30-39(22-25-58-51)54(4,5)6;/h13-30,33H,1-12H3;/q;+2/i13D,14D,18D,19D;. The number of fused-ring (bicyclic) bond motifs is 4. The van der Waals surface area contributed by atoms with Crippen molar-refractivity contribution >= 4 is 50.6 Å². The van der Waals surface area contributed by atoms with E-state index in [2.05, 4.69) is 153 Å². The molecule has 0 bridgehead atoms. The van der Waals surface area contributed by atoms with Gasteiger partial charge in [-0.05, 0) is 87.4 Å². The number of aryl methyl sites for hydroxylation is 3. The van der Waals surface area contributed by atoms with Crippen LogP contribution in [0, 0.1) is 32.9 Å². The molecule has 9 rings (SSSR count). The molecule has 63 heavy (non-hydrogen) atoms. The number of rotatable bonds is 6. The quantitative estimate of drug-likeness (QED) is 0.123. The van der Waals surface area contributed by atoms with Crippen LogP contribution in [-0.4, -0.2) is 20.5 Å². The van der Waals surface area contributed by atoms with Gasteiger partial charge in [-0.1, -0.05) is 133 Å². The Kier molecular flexibility index (Phi) is 9.84. The zero-order valence-electron chi connectivity index (χ0n) is 42.1. The Morgan fingerprint density at radius 1 is 0.698 bits per heavy atom. The van der Waals surface area contributed by atoms with E-state index < -0.39 is 0 Å². The molecule has 0 atom stereocenters. The van der Waals surface area contributed by atoms with E-state index in [1.165, 1.54) is 0 Å². The zero-order valence-corrected chi connectivity index (χ0v) is 40.4. The molecule has 3 aromatic heterocycles. The average molecular weight is 1010 g/mol. The Bertz CT molecular complexity index is 3360. The van der Waals surface area contributed by atoms with Gasteiger partial charge in [-0.15, -0.1) is 29.1 Å². The van der Waals surface area contributed by atoms with Crippen LogP contribution in [0.2, 0.25) is 0 Å². The number of aromatic nitrogens is 3. The summed E-state index contributed by atoms with van der Waals surface area (Å²) in [6, 6.07) is 34.4. The van der Waals surface area contributed by atoms with Crippen LogP contribution in [0.15, 0.2) is 116 Å². The fourth-order valence-electron chi connectivity index (χ4n) is 8.83. The molecule has 0 unspecified atom stereocenters. The Morgan fingerprint density at radius 2 is 1.37 bits per heavy atom. The summed E-state index contributed by atoms with van der Waals surface area (Å²) >= 11 is 0. The average Bonchev–Trinajstić information content (AvgIpc) is 3.80. The van der Waals surface area contributed by atoms with Gasteiger partial charge in [-0.25, -0.2) is 4.98 Å². The second-order valence-corrected chi connectivity index (χ2v) is 19.6. The van der Waals surface area contributed by atoms with E-state index in [-0.39, 0.29) is 67.2 Å². The van der Waals surface area contributed by atoms with E-state index in [0.717, 1.165) is 77.8 Å². The van der Waals surface area contributed by atoms with Gasteiger partial charge in [-0.2, -0.15) is 6.07 Å². The molecule has 0 radical (unpaired) electrons. The van der Waals surface area contributed by atoms with Crippen molar-refractivity contribution in [3.05, 3.63) is 161 Å². The second kappa shape index (κ2) is 16.0. The molecule has 5 aromatic carbocycles. The van der Waals surface area contributed by atoms with E-state index in [1.54, 1.807) is 10.8 Å². The van der Waals surface area contributed by atoms with Crippen LogP contribution >= 0.6 is 0 Å². The van der Waals surface area contributed by atoms with Crippen molar-refractivity contribution < 1.29 is 31.3 Å². The van der Waals surface area contributed by atoms with Gasteiger partial charge < -0.3 is 9.30 Å². The fourth-order valence-corrected chi connectivity index (χ4v) is 8.83. The molecule has 0 aliphatic carbocycles. The smallest absolute Gasteiger partial charge is 0.509 e. The third-order valence-electron chi connectivity index (χ3n) is 11.7. The van der Waals surface area contributed by atoms with Gasteiger partial charge >= 0.3 is 27.1 Å². The number of para-hydroxylation sites is 3. The van der Waals surface area contributed by atoms with E-state index in [1.807, 2.05) is 47.3 Å². The molecule has 0 fully saturated rings.